The van der Waals surface area contributed by atoms with Crippen molar-refractivity contribution in [3.8, 4) is 17.3 Å². The van der Waals surface area contributed by atoms with Gasteiger partial charge in [-0.3, -0.25) is 4.79 Å². The van der Waals surface area contributed by atoms with Gasteiger partial charge in [-0.1, -0.05) is 18.6 Å². The van der Waals surface area contributed by atoms with E-state index in [1.165, 1.54) is 13.5 Å². The summed E-state index contributed by atoms with van der Waals surface area (Å²) in [6.07, 6.45) is 6.06. The second-order valence-electron chi connectivity index (χ2n) is 6.50. The Kier molecular flexibility index (Phi) is 4.82. The highest BCUT2D eigenvalue weighted by Crippen LogP contribution is 2.25. The number of nitrogens with zero attached hydrogens (tertiary/aromatic N) is 4. The zero-order chi connectivity index (χ0) is 18.6. The average molecular weight is 363 g/mol. The molecule has 1 aromatic carbocycles. The number of anilines is 1. The number of pyridine rings is 1. The maximum atomic E-state index is 12.6. The van der Waals surface area contributed by atoms with Crippen molar-refractivity contribution >= 4 is 11.6 Å². The van der Waals surface area contributed by atoms with Gasteiger partial charge >= 0.3 is 0 Å². The zero-order valence-corrected chi connectivity index (χ0v) is 15.2. The summed E-state index contributed by atoms with van der Waals surface area (Å²) in [6.45, 7) is 0.932. The van der Waals surface area contributed by atoms with E-state index < -0.39 is 0 Å². The fourth-order valence-electron chi connectivity index (χ4n) is 3.36. The molecule has 3 heterocycles. The Morgan fingerprint density at radius 2 is 2.07 bits per heavy atom. The van der Waals surface area contributed by atoms with Crippen LogP contribution in [-0.4, -0.2) is 32.8 Å². The van der Waals surface area contributed by atoms with Crippen LogP contribution in [0.3, 0.4) is 0 Å². The molecular weight excluding hydrogens is 342 g/mol. The molecule has 1 aliphatic rings. The standard InChI is InChI=1S/C20H21N5O2/c1-27-20-16(9-6-11-21-20)19(26)22-15-8-5-7-14(13-15)18-24-23-17-10-3-2-4-12-25(17)18/h5-9,11,13H,2-4,10,12H2,1H3,(H,22,26). The number of ether oxygens (including phenoxy) is 1. The Balaban J connectivity index is 1.60. The number of aromatic nitrogens is 4. The van der Waals surface area contributed by atoms with Crippen LogP contribution in [0, 0.1) is 0 Å². The predicted octanol–water partition coefficient (Wildman–Crippen LogP) is 3.33. The molecule has 138 valence electrons. The number of hydrogen-bond donors (Lipinski definition) is 1. The van der Waals surface area contributed by atoms with Crippen LogP contribution < -0.4 is 10.1 Å². The van der Waals surface area contributed by atoms with Gasteiger partial charge in [0.05, 0.1) is 7.11 Å². The van der Waals surface area contributed by atoms with Gasteiger partial charge in [-0.2, -0.15) is 0 Å². The number of nitrogens with one attached hydrogen (secondary N) is 1. The van der Waals surface area contributed by atoms with Crippen molar-refractivity contribution in [2.45, 2.75) is 32.2 Å². The summed E-state index contributed by atoms with van der Waals surface area (Å²) in [5.74, 6) is 1.92. The van der Waals surface area contributed by atoms with Crippen molar-refractivity contribution < 1.29 is 9.53 Å². The monoisotopic (exact) mass is 363 g/mol. The van der Waals surface area contributed by atoms with Crippen molar-refractivity contribution in [3.63, 3.8) is 0 Å². The Labute approximate surface area is 157 Å². The summed E-state index contributed by atoms with van der Waals surface area (Å²) in [7, 11) is 1.50. The lowest BCUT2D eigenvalue weighted by Crippen LogP contribution is -2.13. The normalized spacial score (nSPS) is 13.5. The molecule has 2 aromatic heterocycles. The molecule has 0 radical (unpaired) electrons. The van der Waals surface area contributed by atoms with Gasteiger partial charge < -0.3 is 14.6 Å². The number of hydrogen-bond acceptors (Lipinski definition) is 5. The molecule has 1 aliphatic heterocycles. The van der Waals surface area contributed by atoms with Gasteiger partial charge in [0.15, 0.2) is 5.82 Å². The Hall–Kier alpha value is -3.22. The van der Waals surface area contributed by atoms with E-state index in [9.17, 15) is 4.79 Å². The lowest BCUT2D eigenvalue weighted by atomic mass is 10.1. The van der Waals surface area contributed by atoms with Crippen LogP contribution in [0.15, 0.2) is 42.6 Å². The van der Waals surface area contributed by atoms with Crippen LogP contribution in [-0.2, 0) is 13.0 Å². The average Bonchev–Trinajstić information content (AvgIpc) is 2.96. The quantitative estimate of drug-likeness (QED) is 0.769. The van der Waals surface area contributed by atoms with Crippen LogP contribution in [0.2, 0.25) is 0 Å². The fourth-order valence-corrected chi connectivity index (χ4v) is 3.36. The van der Waals surface area contributed by atoms with E-state index in [0.717, 1.165) is 43.0 Å². The molecule has 0 aliphatic carbocycles. The molecule has 7 nitrogen and oxygen atoms in total. The molecule has 0 saturated heterocycles. The maximum Gasteiger partial charge on any atom is 0.261 e. The summed E-state index contributed by atoms with van der Waals surface area (Å²) in [6, 6.07) is 11.1. The first-order valence-corrected chi connectivity index (χ1v) is 9.09. The van der Waals surface area contributed by atoms with Crippen LogP contribution in [0.5, 0.6) is 5.88 Å². The van der Waals surface area contributed by atoms with E-state index >= 15 is 0 Å². The Bertz CT molecular complexity index is 967. The third-order valence-corrected chi connectivity index (χ3v) is 4.70. The molecule has 0 unspecified atom stereocenters. The van der Waals surface area contributed by atoms with E-state index in [1.807, 2.05) is 24.3 Å². The summed E-state index contributed by atoms with van der Waals surface area (Å²) in [4.78, 5) is 16.7. The smallest absolute Gasteiger partial charge is 0.261 e. The second kappa shape index (κ2) is 7.57. The number of benzene rings is 1. The summed E-state index contributed by atoms with van der Waals surface area (Å²) >= 11 is 0. The zero-order valence-electron chi connectivity index (χ0n) is 15.2. The SMILES string of the molecule is COc1ncccc1C(=O)Nc1cccc(-c2nnc3n2CCCCC3)c1. The Morgan fingerprint density at radius 3 is 2.96 bits per heavy atom. The van der Waals surface area contributed by atoms with E-state index in [-0.39, 0.29) is 5.91 Å². The first kappa shape index (κ1) is 17.2. The number of aryl methyl sites for hydroxylation is 1. The van der Waals surface area contributed by atoms with Crippen molar-refractivity contribution in [2.24, 2.45) is 0 Å². The molecule has 0 spiro atoms. The number of carbonyl (C=O) groups is 1. The van der Waals surface area contributed by atoms with Crippen molar-refractivity contribution in [1.29, 1.82) is 0 Å². The van der Waals surface area contributed by atoms with Crippen molar-refractivity contribution in [3.05, 3.63) is 54.0 Å². The van der Waals surface area contributed by atoms with Gasteiger partial charge in [-0.15, -0.1) is 10.2 Å². The number of carbonyl (C=O) groups excluding carboxylic acids is 1. The number of rotatable bonds is 4. The number of methoxy groups -OCH3 is 1. The third-order valence-electron chi connectivity index (χ3n) is 4.70. The number of fused-ring (bicyclic) bond motifs is 1. The van der Waals surface area contributed by atoms with Gasteiger partial charge in [0.25, 0.3) is 5.91 Å². The van der Waals surface area contributed by atoms with Crippen LogP contribution in [0.25, 0.3) is 11.4 Å². The van der Waals surface area contributed by atoms with Gasteiger partial charge in [-0.05, 0) is 37.1 Å². The second-order valence-corrected chi connectivity index (χ2v) is 6.50. The molecule has 1 N–H and O–H groups in total. The van der Waals surface area contributed by atoms with Gasteiger partial charge in [0, 0.05) is 30.4 Å². The molecule has 0 atom stereocenters. The first-order chi connectivity index (χ1) is 13.3. The van der Waals surface area contributed by atoms with Crippen molar-refractivity contribution in [2.75, 3.05) is 12.4 Å². The molecule has 0 bridgehead atoms. The van der Waals surface area contributed by atoms with Crippen LogP contribution >= 0.6 is 0 Å². The molecule has 4 rings (SSSR count). The molecule has 7 heteroatoms. The van der Waals surface area contributed by atoms with Crippen molar-refractivity contribution in [1.82, 2.24) is 19.7 Å². The van der Waals surface area contributed by atoms with E-state index in [2.05, 4.69) is 25.1 Å². The molecular formula is C20H21N5O2. The lowest BCUT2D eigenvalue weighted by molar-refractivity contribution is 0.102. The minimum absolute atomic E-state index is 0.267. The minimum atomic E-state index is -0.267. The van der Waals surface area contributed by atoms with Crippen LogP contribution in [0.4, 0.5) is 5.69 Å². The first-order valence-electron chi connectivity index (χ1n) is 9.09. The van der Waals surface area contributed by atoms with E-state index in [0.29, 0.717) is 17.1 Å². The minimum Gasteiger partial charge on any atom is -0.480 e. The van der Waals surface area contributed by atoms with Gasteiger partial charge in [0.1, 0.15) is 11.4 Å². The fraction of sp³-hybridized carbons (Fsp3) is 0.300. The number of amides is 1. The summed E-state index contributed by atoms with van der Waals surface area (Å²) in [5, 5.41) is 11.7. The summed E-state index contributed by atoms with van der Waals surface area (Å²) < 4.78 is 7.36. The lowest BCUT2D eigenvalue weighted by Gasteiger charge is -2.10. The largest absolute Gasteiger partial charge is 0.480 e. The highest BCUT2D eigenvalue weighted by molar-refractivity contribution is 6.06. The molecule has 3 aromatic rings. The van der Waals surface area contributed by atoms with Gasteiger partial charge in [0.2, 0.25) is 5.88 Å². The molecule has 1 amide bonds. The predicted molar refractivity (Wildman–Crippen MR) is 102 cm³/mol. The molecule has 27 heavy (non-hydrogen) atoms. The van der Waals surface area contributed by atoms with Crippen LogP contribution in [0.1, 0.15) is 35.4 Å². The highest BCUT2D eigenvalue weighted by atomic mass is 16.5. The van der Waals surface area contributed by atoms with E-state index in [1.54, 1.807) is 18.3 Å². The maximum absolute atomic E-state index is 12.6. The topological polar surface area (TPSA) is 81.9 Å². The van der Waals surface area contributed by atoms with E-state index in [4.69, 9.17) is 4.74 Å². The molecule has 0 saturated carbocycles. The third kappa shape index (κ3) is 3.53. The molecule has 0 fully saturated rings. The van der Waals surface area contributed by atoms with Gasteiger partial charge in [-0.25, -0.2) is 4.98 Å². The summed E-state index contributed by atoms with van der Waals surface area (Å²) in [5.41, 5.74) is 2.02. The Morgan fingerprint density at radius 1 is 1.15 bits per heavy atom. The highest BCUT2D eigenvalue weighted by Gasteiger charge is 2.17.